The molecule has 142 valence electrons. The lowest BCUT2D eigenvalue weighted by Crippen LogP contribution is -3.13. The van der Waals surface area contributed by atoms with Crippen molar-refractivity contribution in [3.63, 3.8) is 0 Å². The highest BCUT2D eigenvalue weighted by Gasteiger charge is 2.24. The second-order valence-corrected chi connectivity index (χ2v) is 7.81. The summed E-state index contributed by atoms with van der Waals surface area (Å²) in [4.78, 5) is 21.2. The van der Waals surface area contributed by atoms with Gasteiger partial charge in [-0.3, -0.25) is 9.78 Å². The first kappa shape index (κ1) is 18.1. The number of quaternary nitrogens is 1. The molecule has 3 heterocycles. The maximum absolute atomic E-state index is 12.6. The number of amides is 1. The van der Waals surface area contributed by atoms with Gasteiger partial charge in [-0.25, -0.2) is 0 Å². The first-order chi connectivity index (χ1) is 13.3. The first-order valence-corrected chi connectivity index (χ1v) is 10.3. The van der Waals surface area contributed by atoms with Crippen LogP contribution in [0, 0.1) is 0 Å². The number of aromatic nitrogens is 1. The minimum absolute atomic E-state index is 0.206. The van der Waals surface area contributed by atoms with Gasteiger partial charge in [0.2, 0.25) is 5.91 Å². The van der Waals surface area contributed by atoms with E-state index in [1.165, 1.54) is 10.5 Å². The van der Waals surface area contributed by atoms with E-state index in [1.54, 1.807) is 11.8 Å². The second-order valence-electron chi connectivity index (χ2n) is 6.76. The van der Waals surface area contributed by atoms with Gasteiger partial charge in [0.05, 0.1) is 31.9 Å². The fourth-order valence-electron chi connectivity index (χ4n) is 3.39. The number of hydrogen-bond acceptors (Lipinski definition) is 5. The van der Waals surface area contributed by atoms with Crippen molar-refractivity contribution >= 4 is 17.7 Å². The molecule has 6 nitrogen and oxygen atoms in total. The highest BCUT2D eigenvalue weighted by Crippen LogP contribution is 2.34. The Morgan fingerprint density at radius 3 is 2.59 bits per heavy atom. The maximum Gasteiger partial charge on any atom is 0.233 e. The lowest BCUT2D eigenvalue weighted by Gasteiger charge is -2.32. The highest BCUT2D eigenvalue weighted by molar-refractivity contribution is 8.00. The van der Waals surface area contributed by atoms with E-state index in [0.717, 1.165) is 49.1 Å². The minimum atomic E-state index is 0.206. The van der Waals surface area contributed by atoms with E-state index in [9.17, 15) is 4.79 Å². The molecule has 1 N–H and O–H groups in total. The molecule has 0 spiro atoms. The lowest BCUT2D eigenvalue weighted by atomic mass is 10.2. The standard InChI is InChI=1S/C20H23N3O3S/c24-20(15-27-17-1-2-18-19(13-17)26-12-11-25-18)23-9-7-22(8-10-23)14-16-3-5-21-6-4-16/h1-6,13H,7-12,14-15H2/p+1. The number of carbonyl (C=O) groups excluding carboxylic acids is 1. The quantitative estimate of drug-likeness (QED) is 0.773. The third-order valence-electron chi connectivity index (χ3n) is 4.90. The van der Waals surface area contributed by atoms with Crippen LogP contribution in [-0.2, 0) is 11.3 Å². The molecule has 0 radical (unpaired) electrons. The molecule has 1 amide bonds. The number of ether oxygens (including phenoxy) is 2. The normalized spacial score (nSPS) is 17.0. The predicted octanol–water partition coefficient (Wildman–Crippen LogP) is 0.872. The van der Waals surface area contributed by atoms with Gasteiger partial charge in [-0.2, -0.15) is 0 Å². The molecule has 0 atom stereocenters. The SMILES string of the molecule is O=C(CSc1ccc2c(c1)OCCO2)N1CC[NH+](Cc2ccncc2)CC1. The van der Waals surface area contributed by atoms with Crippen molar-refractivity contribution in [2.75, 3.05) is 45.1 Å². The van der Waals surface area contributed by atoms with E-state index in [2.05, 4.69) is 17.1 Å². The van der Waals surface area contributed by atoms with Crippen molar-refractivity contribution in [2.45, 2.75) is 11.4 Å². The number of thioether (sulfide) groups is 1. The fourth-order valence-corrected chi connectivity index (χ4v) is 4.22. The smallest absolute Gasteiger partial charge is 0.233 e. The highest BCUT2D eigenvalue weighted by atomic mass is 32.2. The van der Waals surface area contributed by atoms with Crippen LogP contribution in [0.15, 0.2) is 47.6 Å². The van der Waals surface area contributed by atoms with E-state index < -0.39 is 0 Å². The van der Waals surface area contributed by atoms with E-state index in [4.69, 9.17) is 9.47 Å². The Bertz CT molecular complexity index is 779. The molecule has 0 saturated carbocycles. The number of rotatable bonds is 5. The predicted molar refractivity (Wildman–Crippen MR) is 103 cm³/mol. The zero-order chi connectivity index (χ0) is 18.5. The van der Waals surface area contributed by atoms with Gasteiger partial charge in [0, 0.05) is 22.9 Å². The Morgan fingerprint density at radius 2 is 1.81 bits per heavy atom. The van der Waals surface area contributed by atoms with Gasteiger partial charge in [-0.05, 0) is 30.3 Å². The fraction of sp³-hybridized carbons (Fsp3) is 0.400. The zero-order valence-electron chi connectivity index (χ0n) is 15.2. The summed E-state index contributed by atoms with van der Waals surface area (Å²) in [6.07, 6.45) is 3.67. The van der Waals surface area contributed by atoms with Crippen molar-refractivity contribution in [3.05, 3.63) is 48.3 Å². The summed E-state index contributed by atoms with van der Waals surface area (Å²) in [7, 11) is 0. The number of piperazine rings is 1. The summed E-state index contributed by atoms with van der Waals surface area (Å²) in [6.45, 7) is 5.78. The van der Waals surface area contributed by atoms with Gasteiger partial charge < -0.3 is 19.3 Å². The molecule has 2 aliphatic rings. The molecular weight excluding hydrogens is 362 g/mol. The van der Waals surface area contributed by atoms with Gasteiger partial charge in [0.15, 0.2) is 11.5 Å². The molecule has 7 heteroatoms. The Labute approximate surface area is 163 Å². The van der Waals surface area contributed by atoms with Gasteiger partial charge in [-0.15, -0.1) is 11.8 Å². The van der Waals surface area contributed by atoms with Crippen molar-refractivity contribution in [2.24, 2.45) is 0 Å². The zero-order valence-corrected chi connectivity index (χ0v) is 16.0. The molecule has 2 aliphatic heterocycles. The number of hydrogen-bond donors (Lipinski definition) is 1. The molecule has 0 unspecified atom stereocenters. The molecule has 2 aromatic rings. The summed E-state index contributed by atoms with van der Waals surface area (Å²) in [5.74, 6) is 2.22. The average Bonchev–Trinajstić information content (AvgIpc) is 2.73. The average molecular weight is 386 g/mol. The Kier molecular flexibility index (Phi) is 5.79. The summed E-state index contributed by atoms with van der Waals surface area (Å²) in [6, 6.07) is 10.00. The largest absolute Gasteiger partial charge is 0.486 e. The van der Waals surface area contributed by atoms with E-state index >= 15 is 0 Å². The van der Waals surface area contributed by atoms with E-state index in [-0.39, 0.29) is 5.91 Å². The third-order valence-corrected chi connectivity index (χ3v) is 5.88. The molecule has 0 aliphatic carbocycles. The van der Waals surface area contributed by atoms with Crippen molar-refractivity contribution in [1.29, 1.82) is 0 Å². The number of pyridine rings is 1. The lowest BCUT2D eigenvalue weighted by molar-refractivity contribution is -0.917. The number of benzene rings is 1. The summed E-state index contributed by atoms with van der Waals surface area (Å²) < 4.78 is 11.1. The number of fused-ring (bicyclic) bond motifs is 1. The Balaban J connectivity index is 1.24. The van der Waals surface area contributed by atoms with Crippen molar-refractivity contribution in [1.82, 2.24) is 9.88 Å². The van der Waals surface area contributed by atoms with Crippen LogP contribution in [0.4, 0.5) is 0 Å². The van der Waals surface area contributed by atoms with Crippen LogP contribution in [0.1, 0.15) is 5.56 Å². The number of carbonyl (C=O) groups is 1. The van der Waals surface area contributed by atoms with Crippen LogP contribution in [0.3, 0.4) is 0 Å². The number of nitrogens with one attached hydrogen (secondary N) is 1. The topological polar surface area (TPSA) is 56.1 Å². The third kappa shape index (κ3) is 4.73. The van der Waals surface area contributed by atoms with E-state index in [0.29, 0.717) is 19.0 Å². The van der Waals surface area contributed by atoms with Gasteiger partial charge >= 0.3 is 0 Å². The molecule has 0 bridgehead atoms. The van der Waals surface area contributed by atoms with Crippen LogP contribution in [0.5, 0.6) is 11.5 Å². The van der Waals surface area contributed by atoms with Gasteiger partial charge in [0.1, 0.15) is 19.8 Å². The Morgan fingerprint density at radius 1 is 1.07 bits per heavy atom. The van der Waals surface area contributed by atoms with Crippen molar-refractivity contribution < 1.29 is 19.2 Å². The summed E-state index contributed by atoms with van der Waals surface area (Å²) in [5, 5.41) is 0. The van der Waals surface area contributed by atoms with Crippen LogP contribution in [-0.4, -0.2) is 60.9 Å². The molecule has 4 rings (SSSR count). The first-order valence-electron chi connectivity index (χ1n) is 9.30. The van der Waals surface area contributed by atoms with Crippen LogP contribution in [0.2, 0.25) is 0 Å². The molecule has 1 fully saturated rings. The van der Waals surface area contributed by atoms with Crippen LogP contribution >= 0.6 is 11.8 Å². The maximum atomic E-state index is 12.6. The molecule has 1 saturated heterocycles. The van der Waals surface area contributed by atoms with Crippen molar-refractivity contribution in [3.8, 4) is 11.5 Å². The molecular formula is C20H24N3O3S+. The van der Waals surface area contributed by atoms with Crippen LogP contribution in [0.25, 0.3) is 0 Å². The van der Waals surface area contributed by atoms with Gasteiger partial charge in [0.25, 0.3) is 0 Å². The monoisotopic (exact) mass is 386 g/mol. The Hall–Kier alpha value is -2.25. The second kappa shape index (κ2) is 8.63. The number of nitrogens with zero attached hydrogens (tertiary/aromatic N) is 2. The minimum Gasteiger partial charge on any atom is -0.486 e. The molecule has 1 aromatic heterocycles. The molecule has 1 aromatic carbocycles. The van der Waals surface area contributed by atoms with Gasteiger partial charge in [-0.1, -0.05) is 0 Å². The molecule has 27 heavy (non-hydrogen) atoms. The van der Waals surface area contributed by atoms with E-state index in [1.807, 2.05) is 35.5 Å². The summed E-state index contributed by atoms with van der Waals surface area (Å²) >= 11 is 1.56. The summed E-state index contributed by atoms with van der Waals surface area (Å²) in [5.41, 5.74) is 1.30. The van der Waals surface area contributed by atoms with Crippen LogP contribution < -0.4 is 14.4 Å².